The quantitative estimate of drug-likeness (QED) is 0.595. The molecule has 0 radical (unpaired) electrons. The minimum atomic E-state index is -4.64. The van der Waals surface area contributed by atoms with Gasteiger partial charge in [-0.2, -0.15) is 13.2 Å². The lowest BCUT2D eigenvalue weighted by Crippen LogP contribution is -2.08. The second-order valence-electron chi connectivity index (χ2n) is 5.37. The van der Waals surface area contributed by atoms with E-state index in [1.807, 2.05) is 0 Å². The molecule has 0 aliphatic rings. The van der Waals surface area contributed by atoms with Crippen LogP contribution in [0.3, 0.4) is 0 Å². The first-order valence-electron chi connectivity index (χ1n) is 7.07. The lowest BCUT2D eigenvalue weighted by atomic mass is 10.0. The summed E-state index contributed by atoms with van der Waals surface area (Å²) in [4.78, 5) is 15.7. The molecule has 2 aromatic heterocycles. The summed E-state index contributed by atoms with van der Waals surface area (Å²) in [7, 11) is 0. The van der Waals surface area contributed by atoms with Crippen molar-refractivity contribution in [2.45, 2.75) is 20.0 Å². The Labute approximate surface area is 140 Å². The third-order valence-electron chi connectivity index (χ3n) is 3.72. The molecule has 0 bridgehead atoms. The maximum absolute atomic E-state index is 13.3. The number of fused-ring (bicyclic) bond motifs is 1. The number of ketones is 1. The van der Waals surface area contributed by atoms with Gasteiger partial charge < -0.3 is 0 Å². The zero-order chi connectivity index (χ0) is 17.6. The van der Waals surface area contributed by atoms with Gasteiger partial charge in [-0.05, 0) is 25.5 Å². The van der Waals surface area contributed by atoms with Gasteiger partial charge in [0.05, 0.1) is 16.2 Å². The Hall–Kier alpha value is -2.34. The number of carbonyl (C=O) groups is 1. The fourth-order valence-corrected chi connectivity index (χ4v) is 3.04. The number of hydrogen-bond acceptors (Lipinski definition) is 2. The number of rotatable bonds is 2. The van der Waals surface area contributed by atoms with Crippen molar-refractivity contribution >= 4 is 22.9 Å². The molecule has 124 valence electrons. The highest BCUT2D eigenvalue weighted by molar-refractivity contribution is 6.34. The number of hydrogen-bond donors (Lipinski definition) is 0. The molecule has 0 atom stereocenters. The van der Waals surface area contributed by atoms with E-state index in [1.165, 1.54) is 24.3 Å². The minimum absolute atomic E-state index is 0.112. The van der Waals surface area contributed by atoms with Crippen molar-refractivity contribution in [1.29, 1.82) is 0 Å². The maximum atomic E-state index is 13.3. The summed E-state index contributed by atoms with van der Waals surface area (Å²) in [6.45, 7) is 2.80. The summed E-state index contributed by atoms with van der Waals surface area (Å²) in [5.74, 6) is -0.180. The molecule has 0 fully saturated rings. The molecule has 0 spiro atoms. The average Bonchev–Trinajstić information content (AvgIpc) is 2.86. The van der Waals surface area contributed by atoms with Crippen LogP contribution in [0.5, 0.6) is 0 Å². The number of alkyl halides is 3. The zero-order valence-corrected chi connectivity index (χ0v) is 13.5. The van der Waals surface area contributed by atoms with Crippen molar-refractivity contribution in [2.75, 3.05) is 0 Å². The molecule has 2 heterocycles. The topological polar surface area (TPSA) is 34.4 Å². The Morgan fingerprint density at radius 3 is 2.38 bits per heavy atom. The minimum Gasteiger partial charge on any atom is -0.294 e. The highest BCUT2D eigenvalue weighted by Gasteiger charge is 2.38. The molecular weight excluding hydrogens is 341 g/mol. The van der Waals surface area contributed by atoms with Gasteiger partial charge in [-0.3, -0.25) is 9.20 Å². The van der Waals surface area contributed by atoms with E-state index in [2.05, 4.69) is 4.98 Å². The van der Waals surface area contributed by atoms with E-state index in [0.717, 1.165) is 0 Å². The summed E-state index contributed by atoms with van der Waals surface area (Å²) in [6.07, 6.45) is -4.64. The van der Waals surface area contributed by atoms with E-state index in [4.69, 9.17) is 11.6 Å². The molecule has 7 heteroatoms. The molecule has 0 saturated heterocycles. The first-order valence-corrected chi connectivity index (χ1v) is 7.44. The van der Waals surface area contributed by atoms with Gasteiger partial charge in [0.1, 0.15) is 5.82 Å². The molecule has 0 aliphatic heterocycles. The standard InChI is InChI=1S/C17H12ClF3N2O/c1-9(24)12-8-13(18)15-16(17(19,20)21)22-10(2)23(15)14(12)11-6-4-3-5-7-11/h3-8H,1-2H3. The van der Waals surface area contributed by atoms with E-state index < -0.39 is 11.9 Å². The average molecular weight is 353 g/mol. The van der Waals surface area contributed by atoms with Crippen LogP contribution < -0.4 is 0 Å². The monoisotopic (exact) mass is 352 g/mol. The molecule has 0 unspecified atom stereocenters. The molecule has 24 heavy (non-hydrogen) atoms. The van der Waals surface area contributed by atoms with Crippen LogP contribution in [-0.2, 0) is 6.18 Å². The third kappa shape index (κ3) is 2.57. The number of benzene rings is 1. The molecule has 3 aromatic rings. The van der Waals surface area contributed by atoms with Gasteiger partial charge in [0.25, 0.3) is 0 Å². The second kappa shape index (κ2) is 5.63. The van der Waals surface area contributed by atoms with Crippen LogP contribution >= 0.6 is 11.6 Å². The number of aryl methyl sites for hydroxylation is 1. The van der Waals surface area contributed by atoms with Crippen molar-refractivity contribution in [1.82, 2.24) is 9.38 Å². The first-order chi connectivity index (χ1) is 11.2. The molecule has 0 amide bonds. The van der Waals surface area contributed by atoms with E-state index in [0.29, 0.717) is 11.3 Å². The number of imidazole rings is 1. The van der Waals surface area contributed by atoms with Gasteiger partial charge in [0.2, 0.25) is 0 Å². The summed E-state index contributed by atoms with van der Waals surface area (Å²) >= 11 is 6.08. The predicted molar refractivity (Wildman–Crippen MR) is 85.4 cm³/mol. The van der Waals surface area contributed by atoms with Crippen LogP contribution in [0, 0.1) is 6.92 Å². The van der Waals surface area contributed by atoms with Crippen molar-refractivity contribution < 1.29 is 18.0 Å². The highest BCUT2D eigenvalue weighted by Crippen LogP contribution is 2.39. The van der Waals surface area contributed by atoms with Gasteiger partial charge in [0.15, 0.2) is 11.5 Å². The number of nitrogens with zero attached hydrogens (tertiary/aromatic N) is 2. The van der Waals surface area contributed by atoms with Gasteiger partial charge >= 0.3 is 6.18 Å². The van der Waals surface area contributed by atoms with Gasteiger partial charge in [-0.1, -0.05) is 41.9 Å². The van der Waals surface area contributed by atoms with Crippen LogP contribution in [0.4, 0.5) is 13.2 Å². The van der Waals surface area contributed by atoms with Crippen LogP contribution in [0.15, 0.2) is 36.4 Å². The zero-order valence-electron chi connectivity index (χ0n) is 12.8. The second-order valence-corrected chi connectivity index (χ2v) is 5.77. The smallest absolute Gasteiger partial charge is 0.294 e. The molecule has 0 N–H and O–H groups in total. The molecular formula is C17H12ClF3N2O. The normalized spacial score (nSPS) is 11.9. The van der Waals surface area contributed by atoms with E-state index in [1.54, 1.807) is 30.3 Å². The predicted octanol–water partition coefficient (Wildman–Crippen LogP) is 5.18. The van der Waals surface area contributed by atoms with Crippen molar-refractivity contribution in [3.05, 3.63) is 58.5 Å². The number of Topliss-reactive ketones (excluding diaryl/α,β-unsaturated/α-hetero) is 1. The Balaban J connectivity index is 2.53. The summed E-state index contributed by atoms with van der Waals surface area (Å²) < 4.78 is 41.2. The molecule has 3 rings (SSSR count). The van der Waals surface area contributed by atoms with Crippen LogP contribution in [-0.4, -0.2) is 15.2 Å². The Morgan fingerprint density at radius 2 is 1.83 bits per heavy atom. The van der Waals surface area contributed by atoms with Crippen molar-refractivity contribution in [2.24, 2.45) is 0 Å². The first kappa shape index (κ1) is 16.5. The van der Waals surface area contributed by atoms with Gasteiger partial charge in [0, 0.05) is 5.56 Å². The number of pyridine rings is 1. The molecule has 1 aromatic carbocycles. The van der Waals surface area contributed by atoms with Gasteiger partial charge in [-0.25, -0.2) is 4.98 Å². The molecule has 3 nitrogen and oxygen atoms in total. The highest BCUT2D eigenvalue weighted by atomic mass is 35.5. The lowest BCUT2D eigenvalue weighted by molar-refractivity contribution is -0.139. The summed E-state index contributed by atoms with van der Waals surface area (Å²) in [6, 6.07) is 10.0. The maximum Gasteiger partial charge on any atom is 0.435 e. The third-order valence-corrected chi connectivity index (χ3v) is 4.00. The van der Waals surface area contributed by atoms with E-state index in [-0.39, 0.29) is 27.7 Å². The van der Waals surface area contributed by atoms with Crippen LogP contribution in [0.1, 0.15) is 28.8 Å². The van der Waals surface area contributed by atoms with E-state index in [9.17, 15) is 18.0 Å². The lowest BCUT2D eigenvalue weighted by Gasteiger charge is -2.14. The SMILES string of the molecule is CC(=O)c1cc(Cl)c2c(C(F)(F)F)nc(C)n2c1-c1ccccc1. The summed E-state index contributed by atoms with van der Waals surface area (Å²) in [5.41, 5.74) is -0.0997. The number of aromatic nitrogens is 2. The molecule has 0 saturated carbocycles. The Bertz CT molecular complexity index is 946. The van der Waals surface area contributed by atoms with Crippen LogP contribution in [0.25, 0.3) is 16.8 Å². The van der Waals surface area contributed by atoms with Gasteiger partial charge in [-0.15, -0.1) is 0 Å². The Morgan fingerprint density at radius 1 is 1.21 bits per heavy atom. The van der Waals surface area contributed by atoms with Crippen molar-refractivity contribution in [3.8, 4) is 11.3 Å². The Kier molecular flexibility index (Phi) is 3.87. The van der Waals surface area contributed by atoms with Crippen molar-refractivity contribution in [3.63, 3.8) is 0 Å². The van der Waals surface area contributed by atoms with Crippen LogP contribution in [0.2, 0.25) is 5.02 Å². The number of carbonyl (C=O) groups excluding carboxylic acids is 1. The fraction of sp³-hybridized carbons (Fsp3) is 0.176. The summed E-state index contributed by atoms with van der Waals surface area (Å²) in [5, 5.41) is -0.159. The largest absolute Gasteiger partial charge is 0.435 e. The fourth-order valence-electron chi connectivity index (χ4n) is 2.76. The number of halogens is 4. The molecule has 0 aliphatic carbocycles. The van der Waals surface area contributed by atoms with E-state index >= 15 is 0 Å².